The molecule has 0 fully saturated rings. The molecule has 286 valence electrons. The lowest BCUT2D eigenvalue weighted by atomic mass is 9.92. The Balaban J connectivity index is 1.02. The average Bonchev–Trinajstić information content (AvgIpc) is 3.92. The van der Waals surface area contributed by atoms with Gasteiger partial charge < -0.3 is 13.7 Å². The molecule has 2 heterocycles. The van der Waals surface area contributed by atoms with Gasteiger partial charge in [0.05, 0.1) is 11.1 Å². The molecule has 0 N–H and O–H groups in total. The first-order chi connectivity index (χ1) is 30.2. The highest BCUT2D eigenvalue weighted by atomic mass is 16.3. The lowest BCUT2D eigenvalue weighted by molar-refractivity contribution is 0.669. The van der Waals surface area contributed by atoms with E-state index in [2.05, 4.69) is 211 Å². The Morgan fingerprint density at radius 2 is 0.852 bits per heavy atom. The maximum Gasteiger partial charge on any atom is 0.145 e. The van der Waals surface area contributed by atoms with Crippen LogP contribution in [0.2, 0.25) is 0 Å². The molecule has 0 atom stereocenters. The van der Waals surface area contributed by atoms with E-state index in [1.807, 2.05) is 18.2 Å². The van der Waals surface area contributed by atoms with Crippen LogP contribution in [0.25, 0.3) is 99.2 Å². The SMILES string of the molecule is c1ccc(-c2ccc(N(c3ccc(-c4ccc5ccccc5c4)cc3)c3ccc(-c4ccccc4-c4cccc5oc6ccccc6c45)cc3)c3c2oc2ccccc23)cc1. The maximum atomic E-state index is 6.76. The molecule has 0 saturated carbocycles. The Hall–Kier alpha value is -8.14. The summed E-state index contributed by atoms with van der Waals surface area (Å²) in [6, 6.07) is 79.9. The monoisotopic (exact) mass is 779 g/mol. The largest absolute Gasteiger partial charge is 0.456 e. The zero-order chi connectivity index (χ0) is 40.3. The smallest absolute Gasteiger partial charge is 0.145 e. The molecule has 0 radical (unpaired) electrons. The van der Waals surface area contributed by atoms with E-state index < -0.39 is 0 Å². The number of nitrogens with zero attached hydrogens (tertiary/aromatic N) is 1. The Bertz CT molecular complexity index is 3580. The number of rotatable bonds is 7. The summed E-state index contributed by atoms with van der Waals surface area (Å²) in [4.78, 5) is 2.37. The molecule has 2 aromatic heterocycles. The quantitative estimate of drug-likeness (QED) is 0.161. The van der Waals surface area contributed by atoms with Crippen LogP contribution in [0.1, 0.15) is 0 Å². The molecule has 3 nitrogen and oxygen atoms in total. The van der Waals surface area contributed by atoms with Crippen molar-refractivity contribution < 1.29 is 8.83 Å². The summed E-state index contributed by atoms with van der Waals surface area (Å²) in [5.74, 6) is 0. The Kier molecular flexibility index (Phi) is 8.17. The van der Waals surface area contributed by atoms with Gasteiger partial charge in [0.1, 0.15) is 22.3 Å². The second-order valence-corrected chi connectivity index (χ2v) is 15.6. The van der Waals surface area contributed by atoms with Crippen molar-refractivity contribution in [2.24, 2.45) is 0 Å². The van der Waals surface area contributed by atoms with Gasteiger partial charge in [-0.2, -0.15) is 0 Å². The van der Waals surface area contributed by atoms with Crippen LogP contribution in [0.4, 0.5) is 17.1 Å². The summed E-state index contributed by atoms with van der Waals surface area (Å²) in [5.41, 5.74) is 15.8. The van der Waals surface area contributed by atoms with Crippen molar-refractivity contribution in [2.75, 3.05) is 4.90 Å². The molecule has 61 heavy (non-hydrogen) atoms. The number of furan rings is 2. The van der Waals surface area contributed by atoms with Crippen molar-refractivity contribution in [3.8, 4) is 44.5 Å². The van der Waals surface area contributed by atoms with Crippen LogP contribution in [0.5, 0.6) is 0 Å². The van der Waals surface area contributed by atoms with Crippen LogP contribution in [-0.4, -0.2) is 0 Å². The fraction of sp³-hybridized carbons (Fsp3) is 0. The second kappa shape index (κ2) is 14.3. The van der Waals surface area contributed by atoms with E-state index in [1.54, 1.807) is 0 Å². The molecule has 0 aliphatic heterocycles. The summed E-state index contributed by atoms with van der Waals surface area (Å²) in [6.45, 7) is 0. The molecule has 0 saturated heterocycles. The molecular weight excluding hydrogens is 743 g/mol. The number of benzene rings is 10. The fourth-order valence-electron chi connectivity index (χ4n) is 9.20. The van der Waals surface area contributed by atoms with Crippen molar-refractivity contribution >= 4 is 71.7 Å². The van der Waals surface area contributed by atoms with E-state index in [-0.39, 0.29) is 0 Å². The van der Waals surface area contributed by atoms with Crippen molar-refractivity contribution in [2.45, 2.75) is 0 Å². The van der Waals surface area contributed by atoms with Gasteiger partial charge in [-0.25, -0.2) is 0 Å². The summed E-state index contributed by atoms with van der Waals surface area (Å²) < 4.78 is 13.1. The molecule has 0 spiro atoms. The number of para-hydroxylation sites is 2. The highest BCUT2D eigenvalue weighted by Crippen LogP contribution is 2.47. The second-order valence-electron chi connectivity index (χ2n) is 15.6. The molecule has 0 unspecified atom stereocenters. The fourth-order valence-corrected chi connectivity index (χ4v) is 9.20. The minimum Gasteiger partial charge on any atom is -0.456 e. The summed E-state index contributed by atoms with van der Waals surface area (Å²) >= 11 is 0. The lowest BCUT2D eigenvalue weighted by Gasteiger charge is -2.27. The minimum absolute atomic E-state index is 0.862. The van der Waals surface area contributed by atoms with Crippen LogP contribution in [0, 0.1) is 0 Å². The standard InChI is InChI=1S/C58H37NO2/c1-2-14-40(15-3-1)47-35-36-52(57-51-20-9-11-23-54(51)61-58(47)57)59(44-31-27-39(28-32-44)43-26-25-38-13-4-5-16-42(38)37-43)45-33-29-41(30-34-45)46-17-6-7-18-48(46)49-21-12-24-55-56(49)50-19-8-10-22-53(50)60-55/h1-37H. The van der Waals surface area contributed by atoms with Crippen LogP contribution in [0.15, 0.2) is 233 Å². The minimum atomic E-state index is 0.862. The number of fused-ring (bicyclic) bond motifs is 7. The predicted octanol–water partition coefficient (Wildman–Crippen LogP) is 16.8. The van der Waals surface area contributed by atoms with E-state index in [0.717, 1.165) is 94.3 Å². The van der Waals surface area contributed by atoms with Crippen LogP contribution in [0.3, 0.4) is 0 Å². The first-order valence-corrected chi connectivity index (χ1v) is 20.7. The summed E-state index contributed by atoms with van der Waals surface area (Å²) in [6.07, 6.45) is 0. The van der Waals surface area contributed by atoms with Crippen molar-refractivity contribution in [1.29, 1.82) is 0 Å². The van der Waals surface area contributed by atoms with E-state index in [4.69, 9.17) is 8.83 Å². The van der Waals surface area contributed by atoms with Gasteiger partial charge in [0, 0.05) is 33.1 Å². The summed E-state index contributed by atoms with van der Waals surface area (Å²) in [7, 11) is 0. The van der Waals surface area contributed by atoms with Crippen molar-refractivity contribution in [1.82, 2.24) is 0 Å². The summed E-state index contributed by atoms with van der Waals surface area (Å²) in [5, 5.41) is 6.88. The van der Waals surface area contributed by atoms with Gasteiger partial charge >= 0.3 is 0 Å². The van der Waals surface area contributed by atoms with Crippen LogP contribution in [-0.2, 0) is 0 Å². The molecule has 12 rings (SSSR count). The van der Waals surface area contributed by atoms with Crippen LogP contribution >= 0.6 is 0 Å². The normalized spacial score (nSPS) is 11.6. The Morgan fingerprint density at radius 3 is 1.62 bits per heavy atom. The van der Waals surface area contributed by atoms with Gasteiger partial charge in [0.15, 0.2) is 0 Å². The molecule has 12 aromatic rings. The molecule has 0 amide bonds. The molecular formula is C58H37NO2. The predicted molar refractivity (Wildman–Crippen MR) is 255 cm³/mol. The number of hydrogen-bond donors (Lipinski definition) is 0. The Labute approximate surface area is 353 Å². The lowest BCUT2D eigenvalue weighted by Crippen LogP contribution is -2.10. The molecule has 10 aromatic carbocycles. The van der Waals surface area contributed by atoms with Crippen molar-refractivity contribution in [3.05, 3.63) is 224 Å². The van der Waals surface area contributed by atoms with E-state index in [1.165, 1.54) is 21.9 Å². The molecule has 0 bridgehead atoms. The van der Waals surface area contributed by atoms with E-state index in [9.17, 15) is 0 Å². The first kappa shape index (κ1) is 34.9. The van der Waals surface area contributed by atoms with Gasteiger partial charge in [-0.15, -0.1) is 0 Å². The number of hydrogen-bond acceptors (Lipinski definition) is 3. The highest BCUT2D eigenvalue weighted by Gasteiger charge is 2.23. The molecule has 0 aliphatic rings. The van der Waals surface area contributed by atoms with Crippen LogP contribution < -0.4 is 4.90 Å². The van der Waals surface area contributed by atoms with Gasteiger partial charge in [-0.1, -0.05) is 164 Å². The van der Waals surface area contributed by atoms with Gasteiger partial charge in [-0.3, -0.25) is 0 Å². The molecule has 3 heteroatoms. The Morgan fingerprint density at radius 1 is 0.295 bits per heavy atom. The first-order valence-electron chi connectivity index (χ1n) is 20.7. The average molecular weight is 780 g/mol. The van der Waals surface area contributed by atoms with Gasteiger partial charge in [0.25, 0.3) is 0 Å². The van der Waals surface area contributed by atoms with Gasteiger partial charge in [-0.05, 0) is 110 Å². The van der Waals surface area contributed by atoms with Gasteiger partial charge in [0.2, 0.25) is 0 Å². The van der Waals surface area contributed by atoms with E-state index >= 15 is 0 Å². The topological polar surface area (TPSA) is 29.5 Å². The van der Waals surface area contributed by atoms with Crippen molar-refractivity contribution in [3.63, 3.8) is 0 Å². The third-order valence-corrected chi connectivity index (χ3v) is 12.1. The molecule has 0 aliphatic carbocycles. The zero-order valence-electron chi connectivity index (χ0n) is 33.1. The third-order valence-electron chi connectivity index (χ3n) is 12.1. The maximum absolute atomic E-state index is 6.76. The third kappa shape index (κ3) is 5.90. The highest BCUT2D eigenvalue weighted by molar-refractivity contribution is 6.17. The zero-order valence-corrected chi connectivity index (χ0v) is 33.1. The number of anilines is 3. The van der Waals surface area contributed by atoms with E-state index in [0.29, 0.717) is 0 Å².